The first-order valence-corrected chi connectivity index (χ1v) is 11.0. The number of rotatable bonds is 3. The number of piperidine rings is 2. The number of nitrogens with zero attached hydrogens (tertiary/aromatic N) is 5. The lowest BCUT2D eigenvalue weighted by atomic mass is 9.92. The maximum atomic E-state index is 13.0. The number of hydrogen-bond acceptors (Lipinski definition) is 5. The Labute approximate surface area is 173 Å². The van der Waals surface area contributed by atoms with Gasteiger partial charge in [0.05, 0.1) is 5.92 Å². The van der Waals surface area contributed by atoms with Gasteiger partial charge in [0.1, 0.15) is 5.69 Å². The van der Waals surface area contributed by atoms with Crippen molar-refractivity contribution in [2.45, 2.75) is 38.6 Å². The number of aromatic nitrogens is 2. The van der Waals surface area contributed by atoms with Gasteiger partial charge in [0.15, 0.2) is 0 Å². The van der Waals surface area contributed by atoms with Crippen molar-refractivity contribution in [3.8, 4) is 0 Å². The molecule has 0 unspecified atom stereocenters. The molecule has 4 heterocycles. The summed E-state index contributed by atoms with van der Waals surface area (Å²) in [7, 11) is 2.12. The number of carbonyl (C=O) groups is 2. The zero-order valence-corrected chi connectivity index (χ0v) is 17.8. The first-order chi connectivity index (χ1) is 14.0. The smallest absolute Gasteiger partial charge is 0.274 e. The standard InChI is InChI=1S/C21H34N6O2/c1-16-14-19(23-22-16)21(29)25-8-5-18(6-9-25)27-7-3-4-17(15-27)20(28)26-12-10-24(2)11-13-26/h14,17-18H,3-13,15H2,1-2H3,(H,22,23)/t17-/m0/s1. The maximum absolute atomic E-state index is 13.0. The molecule has 2 amide bonds. The first-order valence-electron chi connectivity index (χ1n) is 11.0. The van der Waals surface area contributed by atoms with E-state index < -0.39 is 0 Å². The van der Waals surface area contributed by atoms with E-state index in [-0.39, 0.29) is 11.8 Å². The number of aromatic amines is 1. The lowest BCUT2D eigenvalue weighted by Crippen LogP contribution is -2.54. The third-order valence-electron chi connectivity index (χ3n) is 6.81. The lowest BCUT2D eigenvalue weighted by Gasteiger charge is -2.43. The fourth-order valence-corrected chi connectivity index (χ4v) is 4.95. The number of H-pyrrole nitrogens is 1. The first kappa shape index (κ1) is 20.3. The number of hydrogen-bond donors (Lipinski definition) is 1. The second-order valence-electron chi connectivity index (χ2n) is 8.92. The zero-order chi connectivity index (χ0) is 20.4. The summed E-state index contributed by atoms with van der Waals surface area (Å²) >= 11 is 0. The third-order valence-corrected chi connectivity index (χ3v) is 6.81. The Morgan fingerprint density at radius 1 is 1.00 bits per heavy atom. The highest BCUT2D eigenvalue weighted by atomic mass is 16.2. The summed E-state index contributed by atoms with van der Waals surface area (Å²) < 4.78 is 0. The van der Waals surface area contributed by atoms with Crippen molar-refractivity contribution in [2.24, 2.45) is 5.92 Å². The van der Waals surface area contributed by atoms with Crippen LogP contribution in [0.25, 0.3) is 0 Å². The van der Waals surface area contributed by atoms with E-state index in [2.05, 4.69) is 31.9 Å². The molecule has 1 atom stereocenters. The van der Waals surface area contributed by atoms with Crippen LogP contribution in [0.4, 0.5) is 0 Å². The Kier molecular flexibility index (Phi) is 6.20. The van der Waals surface area contributed by atoms with E-state index in [9.17, 15) is 9.59 Å². The summed E-state index contributed by atoms with van der Waals surface area (Å²) in [5, 5.41) is 6.96. The molecular formula is C21H34N6O2. The van der Waals surface area contributed by atoms with Crippen LogP contribution in [0.2, 0.25) is 0 Å². The van der Waals surface area contributed by atoms with Gasteiger partial charge in [-0.15, -0.1) is 0 Å². The number of likely N-dealkylation sites (tertiary alicyclic amines) is 2. The molecule has 3 aliphatic heterocycles. The molecule has 0 aliphatic carbocycles. The Morgan fingerprint density at radius 3 is 2.38 bits per heavy atom. The molecule has 3 saturated heterocycles. The molecule has 0 bridgehead atoms. The van der Waals surface area contributed by atoms with E-state index in [4.69, 9.17) is 0 Å². The molecule has 0 radical (unpaired) electrons. The SMILES string of the molecule is Cc1cc(C(=O)N2CCC(N3CCC[C@H](C(=O)N4CCN(C)CC4)C3)CC2)n[nH]1. The van der Waals surface area contributed by atoms with Gasteiger partial charge in [-0.05, 0) is 52.3 Å². The largest absolute Gasteiger partial charge is 0.340 e. The second kappa shape index (κ2) is 8.83. The average Bonchev–Trinajstić information content (AvgIpc) is 3.20. The predicted molar refractivity (Wildman–Crippen MR) is 111 cm³/mol. The molecule has 160 valence electrons. The van der Waals surface area contributed by atoms with Crippen molar-refractivity contribution in [1.82, 2.24) is 29.8 Å². The molecular weight excluding hydrogens is 368 g/mol. The van der Waals surface area contributed by atoms with E-state index in [1.165, 1.54) is 0 Å². The van der Waals surface area contributed by atoms with Crippen LogP contribution in [-0.2, 0) is 4.79 Å². The minimum atomic E-state index is 0.0227. The van der Waals surface area contributed by atoms with Crippen LogP contribution in [0, 0.1) is 12.8 Å². The van der Waals surface area contributed by atoms with Crippen LogP contribution in [0.5, 0.6) is 0 Å². The number of amides is 2. The van der Waals surface area contributed by atoms with Crippen molar-refractivity contribution in [2.75, 3.05) is 59.4 Å². The quantitative estimate of drug-likeness (QED) is 0.810. The van der Waals surface area contributed by atoms with Crippen molar-refractivity contribution >= 4 is 11.8 Å². The molecule has 0 aromatic carbocycles. The number of aryl methyl sites for hydroxylation is 1. The summed E-state index contributed by atoms with van der Waals surface area (Å²) in [4.78, 5) is 34.4. The van der Waals surface area contributed by atoms with Crippen LogP contribution in [0.1, 0.15) is 41.9 Å². The van der Waals surface area contributed by atoms with Gasteiger partial charge in [-0.3, -0.25) is 19.6 Å². The molecule has 4 rings (SSSR count). The van der Waals surface area contributed by atoms with Crippen LogP contribution in [0.3, 0.4) is 0 Å². The molecule has 0 saturated carbocycles. The Balaban J connectivity index is 1.28. The average molecular weight is 403 g/mol. The van der Waals surface area contributed by atoms with Gasteiger partial charge in [-0.25, -0.2) is 0 Å². The number of likely N-dealkylation sites (N-methyl/N-ethyl adjacent to an activating group) is 1. The molecule has 29 heavy (non-hydrogen) atoms. The van der Waals surface area contributed by atoms with Gasteiger partial charge in [-0.2, -0.15) is 5.10 Å². The summed E-state index contributed by atoms with van der Waals surface area (Å²) in [6, 6.07) is 2.29. The van der Waals surface area contributed by atoms with Gasteiger partial charge in [0, 0.05) is 57.5 Å². The molecule has 0 spiro atoms. The Hall–Kier alpha value is -1.93. The van der Waals surface area contributed by atoms with Gasteiger partial charge in [0.2, 0.25) is 5.91 Å². The number of carbonyl (C=O) groups excluding carboxylic acids is 2. The van der Waals surface area contributed by atoms with Crippen molar-refractivity contribution in [1.29, 1.82) is 0 Å². The van der Waals surface area contributed by atoms with Gasteiger partial charge in [-0.1, -0.05) is 0 Å². The molecule has 1 aromatic rings. The van der Waals surface area contributed by atoms with Crippen LogP contribution < -0.4 is 0 Å². The predicted octanol–water partition coefficient (Wildman–Crippen LogP) is 0.809. The van der Waals surface area contributed by atoms with Gasteiger partial charge >= 0.3 is 0 Å². The normalized spacial score (nSPS) is 25.4. The Morgan fingerprint density at radius 2 is 1.72 bits per heavy atom. The summed E-state index contributed by atoms with van der Waals surface area (Å²) in [6.45, 7) is 9.07. The highest BCUT2D eigenvalue weighted by Crippen LogP contribution is 2.26. The highest BCUT2D eigenvalue weighted by molar-refractivity contribution is 5.92. The third kappa shape index (κ3) is 4.64. The van der Waals surface area contributed by atoms with Crippen LogP contribution >= 0.6 is 0 Å². The maximum Gasteiger partial charge on any atom is 0.274 e. The van der Waals surface area contributed by atoms with Crippen molar-refractivity contribution < 1.29 is 9.59 Å². The van der Waals surface area contributed by atoms with E-state index in [0.29, 0.717) is 17.6 Å². The minimum absolute atomic E-state index is 0.0227. The van der Waals surface area contributed by atoms with Crippen LogP contribution in [-0.4, -0.2) is 107 Å². The highest BCUT2D eigenvalue weighted by Gasteiger charge is 2.35. The van der Waals surface area contributed by atoms with Crippen molar-refractivity contribution in [3.05, 3.63) is 17.5 Å². The Bertz CT molecular complexity index is 719. The summed E-state index contributed by atoms with van der Waals surface area (Å²) in [6.07, 6.45) is 4.06. The van der Waals surface area contributed by atoms with E-state index in [1.807, 2.05) is 17.9 Å². The molecule has 8 nitrogen and oxygen atoms in total. The van der Waals surface area contributed by atoms with E-state index in [1.54, 1.807) is 0 Å². The molecule has 1 aromatic heterocycles. The molecule has 8 heteroatoms. The minimum Gasteiger partial charge on any atom is -0.340 e. The lowest BCUT2D eigenvalue weighted by molar-refractivity contribution is -0.139. The number of piperazine rings is 1. The molecule has 1 N–H and O–H groups in total. The topological polar surface area (TPSA) is 75.8 Å². The number of nitrogens with one attached hydrogen (secondary N) is 1. The zero-order valence-electron chi connectivity index (χ0n) is 17.8. The monoisotopic (exact) mass is 402 g/mol. The van der Waals surface area contributed by atoms with Gasteiger partial charge < -0.3 is 14.7 Å². The van der Waals surface area contributed by atoms with E-state index >= 15 is 0 Å². The van der Waals surface area contributed by atoms with E-state index in [0.717, 1.165) is 83.7 Å². The fraction of sp³-hybridized carbons (Fsp3) is 0.762. The fourth-order valence-electron chi connectivity index (χ4n) is 4.95. The summed E-state index contributed by atoms with van der Waals surface area (Å²) in [5.41, 5.74) is 1.42. The van der Waals surface area contributed by atoms with Crippen molar-refractivity contribution in [3.63, 3.8) is 0 Å². The summed E-state index contributed by atoms with van der Waals surface area (Å²) in [5.74, 6) is 0.512. The second-order valence-corrected chi connectivity index (χ2v) is 8.92. The molecule has 3 fully saturated rings. The molecule has 3 aliphatic rings. The van der Waals surface area contributed by atoms with Crippen LogP contribution in [0.15, 0.2) is 6.07 Å². The van der Waals surface area contributed by atoms with Gasteiger partial charge in [0.25, 0.3) is 5.91 Å².